The predicted molar refractivity (Wildman–Crippen MR) is 97.2 cm³/mol. The molecule has 0 aromatic carbocycles. The van der Waals surface area contributed by atoms with Gasteiger partial charge in [-0.2, -0.15) is 5.26 Å². The van der Waals surface area contributed by atoms with Crippen LogP contribution in [0.25, 0.3) is 0 Å². The van der Waals surface area contributed by atoms with E-state index in [1.807, 2.05) is 13.0 Å². The Morgan fingerprint density at radius 3 is 2.84 bits per heavy atom. The molecule has 1 N–H and O–H groups in total. The third-order valence-electron chi connectivity index (χ3n) is 5.37. The van der Waals surface area contributed by atoms with Gasteiger partial charge in [-0.15, -0.1) is 0 Å². The molecule has 1 aromatic heterocycles. The van der Waals surface area contributed by atoms with Crippen molar-refractivity contribution >= 4 is 11.7 Å². The number of hydrogen-bond acceptors (Lipinski definition) is 5. The second-order valence-electron chi connectivity index (χ2n) is 7.03. The molecule has 1 aromatic rings. The lowest BCUT2D eigenvalue weighted by molar-refractivity contribution is -0.126. The molecule has 1 aliphatic heterocycles. The van der Waals surface area contributed by atoms with Crippen LogP contribution in [-0.2, 0) is 4.79 Å². The van der Waals surface area contributed by atoms with E-state index in [1.54, 1.807) is 12.3 Å². The molecule has 1 amide bonds. The summed E-state index contributed by atoms with van der Waals surface area (Å²) in [7, 11) is 0. The number of nitrogens with one attached hydrogen (secondary N) is 1. The summed E-state index contributed by atoms with van der Waals surface area (Å²) in [6.45, 7) is 5.35. The van der Waals surface area contributed by atoms with Crippen molar-refractivity contribution in [2.45, 2.75) is 51.1 Å². The van der Waals surface area contributed by atoms with E-state index in [1.165, 1.54) is 12.8 Å². The Morgan fingerprint density at radius 1 is 1.28 bits per heavy atom. The zero-order chi connectivity index (χ0) is 17.6. The van der Waals surface area contributed by atoms with Gasteiger partial charge in [0.2, 0.25) is 5.91 Å². The summed E-state index contributed by atoms with van der Waals surface area (Å²) in [6, 6.07) is 6.08. The molecule has 0 unspecified atom stereocenters. The summed E-state index contributed by atoms with van der Waals surface area (Å²) >= 11 is 0. The summed E-state index contributed by atoms with van der Waals surface area (Å²) in [5.74, 6) is 0.908. The zero-order valence-corrected chi connectivity index (χ0v) is 14.9. The van der Waals surface area contributed by atoms with Gasteiger partial charge in [-0.25, -0.2) is 4.98 Å². The van der Waals surface area contributed by atoms with Crippen LogP contribution in [0.3, 0.4) is 0 Å². The highest BCUT2D eigenvalue weighted by Crippen LogP contribution is 2.20. The van der Waals surface area contributed by atoms with Crippen molar-refractivity contribution in [1.82, 2.24) is 15.2 Å². The van der Waals surface area contributed by atoms with E-state index >= 15 is 0 Å². The van der Waals surface area contributed by atoms with E-state index in [9.17, 15) is 10.1 Å². The Balaban J connectivity index is 1.59. The van der Waals surface area contributed by atoms with Gasteiger partial charge in [0, 0.05) is 38.4 Å². The quantitative estimate of drug-likeness (QED) is 0.906. The van der Waals surface area contributed by atoms with E-state index < -0.39 is 0 Å². The Hall–Kier alpha value is -2.13. The van der Waals surface area contributed by atoms with Gasteiger partial charge in [-0.05, 0) is 38.3 Å². The molecule has 2 aliphatic rings. The first-order valence-electron chi connectivity index (χ1n) is 9.33. The normalized spacial score (nSPS) is 20.7. The largest absolute Gasteiger partial charge is 0.354 e. The van der Waals surface area contributed by atoms with Gasteiger partial charge in [0.1, 0.15) is 11.9 Å². The summed E-state index contributed by atoms with van der Waals surface area (Å²) in [5, 5.41) is 12.5. The average molecular weight is 341 g/mol. The molecule has 0 bridgehead atoms. The van der Waals surface area contributed by atoms with E-state index in [-0.39, 0.29) is 11.9 Å². The number of pyridine rings is 1. The van der Waals surface area contributed by atoms with Crippen LogP contribution in [0.4, 0.5) is 5.82 Å². The highest BCUT2D eigenvalue weighted by atomic mass is 16.2. The van der Waals surface area contributed by atoms with Crippen LogP contribution in [0, 0.1) is 11.3 Å². The molecule has 6 heteroatoms. The average Bonchev–Trinajstić information content (AvgIpc) is 3.02. The van der Waals surface area contributed by atoms with Crippen LogP contribution in [0.1, 0.15) is 44.6 Å². The van der Waals surface area contributed by atoms with Gasteiger partial charge >= 0.3 is 0 Å². The van der Waals surface area contributed by atoms with E-state index in [0.717, 1.165) is 51.3 Å². The lowest BCUT2D eigenvalue weighted by Gasteiger charge is -2.28. The molecule has 1 atom stereocenters. The number of anilines is 1. The van der Waals surface area contributed by atoms with Gasteiger partial charge in [0.25, 0.3) is 0 Å². The van der Waals surface area contributed by atoms with Gasteiger partial charge < -0.3 is 10.2 Å². The summed E-state index contributed by atoms with van der Waals surface area (Å²) in [4.78, 5) is 21.4. The first-order chi connectivity index (χ1) is 12.2. The van der Waals surface area contributed by atoms with Crippen molar-refractivity contribution in [3.8, 4) is 6.07 Å². The summed E-state index contributed by atoms with van der Waals surface area (Å²) in [6.07, 6.45) is 7.37. The fraction of sp³-hybridized carbons (Fsp3) is 0.632. The van der Waals surface area contributed by atoms with Crippen LogP contribution in [-0.4, -0.2) is 54.1 Å². The van der Waals surface area contributed by atoms with Crippen LogP contribution in [0.5, 0.6) is 0 Å². The highest BCUT2D eigenvalue weighted by Gasteiger charge is 2.27. The summed E-state index contributed by atoms with van der Waals surface area (Å²) in [5.41, 5.74) is 0.614. The standard InChI is InChI=1S/C19H27N5O/c1-15(19(25)22-17-7-2-3-8-17)23-10-5-11-24(13-12-23)18-16(14-20)6-4-9-21-18/h4,6,9,15,17H,2-3,5,7-8,10-13H2,1H3,(H,22,25)/t15-/m0/s1. The molecule has 1 saturated carbocycles. The van der Waals surface area contributed by atoms with Crippen LogP contribution in [0.2, 0.25) is 0 Å². The maximum absolute atomic E-state index is 12.5. The maximum atomic E-state index is 12.5. The fourth-order valence-corrected chi connectivity index (χ4v) is 3.83. The van der Waals surface area contributed by atoms with Crippen molar-refractivity contribution in [3.63, 3.8) is 0 Å². The third-order valence-corrected chi connectivity index (χ3v) is 5.37. The van der Waals surface area contributed by atoms with Crippen LogP contribution >= 0.6 is 0 Å². The van der Waals surface area contributed by atoms with E-state index in [4.69, 9.17) is 0 Å². The van der Waals surface area contributed by atoms with Crippen molar-refractivity contribution in [3.05, 3.63) is 23.9 Å². The number of aromatic nitrogens is 1. The van der Waals surface area contributed by atoms with Crippen molar-refractivity contribution in [2.24, 2.45) is 0 Å². The molecular formula is C19H27N5O. The molecule has 0 spiro atoms. The first kappa shape index (κ1) is 17.7. The molecular weight excluding hydrogens is 314 g/mol. The Bertz CT molecular complexity index is 635. The molecule has 1 aliphatic carbocycles. The van der Waals surface area contributed by atoms with Gasteiger partial charge in [0.05, 0.1) is 11.6 Å². The maximum Gasteiger partial charge on any atom is 0.237 e. The van der Waals surface area contributed by atoms with Crippen molar-refractivity contribution in [1.29, 1.82) is 5.26 Å². The Morgan fingerprint density at radius 2 is 2.08 bits per heavy atom. The molecule has 3 rings (SSSR count). The smallest absolute Gasteiger partial charge is 0.237 e. The SMILES string of the molecule is C[C@@H](C(=O)NC1CCCC1)N1CCCN(c2ncccc2C#N)CC1. The number of hydrogen-bond donors (Lipinski definition) is 1. The van der Waals surface area contributed by atoms with Crippen LogP contribution < -0.4 is 10.2 Å². The Kier molecular flexibility index (Phi) is 5.87. The third kappa shape index (κ3) is 4.29. The van der Waals surface area contributed by atoms with Crippen molar-refractivity contribution in [2.75, 3.05) is 31.1 Å². The number of carbonyl (C=O) groups excluding carboxylic acids is 1. The fourth-order valence-electron chi connectivity index (χ4n) is 3.83. The van der Waals surface area contributed by atoms with Gasteiger partial charge in [0.15, 0.2) is 0 Å². The van der Waals surface area contributed by atoms with E-state index in [2.05, 4.69) is 26.2 Å². The number of nitriles is 1. The van der Waals surface area contributed by atoms with Crippen molar-refractivity contribution < 1.29 is 4.79 Å². The minimum absolute atomic E-state index is 0.111. The molecule has 134 valence electrons. The van der Waals surface area contributed by atoms with E-state index in [0.29, 0.717) is 11.6 Å². The molecule has 0 radical (unpaired) electrons. The monoisotopic (exact) mass is 341 g/mol. The first-order valence-corrected chi connectivity index (χ1v) is 9.33. The van der Waals surface area contributed by atoms with Crippen LogP contribution in [0.15, 0.2) is 18.3 Å². The Labute approximate surface area is 149 Å². The molecule has 6 nitrogen and oxygen atoms in total. The highest BCUT2D eigenvalue weighted by molar-refractivity contribution is 5.81. The second-order valence-corrected chi connectivity index (χ2v) is 7.03. The number of rotatable bonds is 4. The molecule has 1 saturated heterocycles. The summed E-state index contributed by atoms with van der Waals surface area (Å²) < 4.78 is 0. The minimum atomic E-state index is -0.111. The second kappa shape index (κ2) is 8.30. The zero-order valence-electron chi connectivity index (χ0n) is 14.9. The topological polar surface area (TPSA) is 72.3 Å². The number of amides is 1. The number of carbonyl (C=O) groups is 1. The van der Waals surface area contributed by atoms with Gasteiger partial charge in [-0.1, -0.05) is 12.8 Å². The number of nitrogens with zero attached hydrogens (tertiary/aromatic N) is 4. The van der Waals surface area contributed by atoms with Gasteiger partial charge in [-0.3, -0.25) is 9.69 Å². The minimum Gasteiger partial charge on any atom is -0.354 e. The molecule has 2 fully saturated rings. The lowest BCUT2D eigenvalue weighted by atomic mass is 10.2. The molecule has 2 heterocycles. The predicted octanol–water partition coefficient (Wildman–Crippen LogP) is 1.91. The molecule has 25 heavy (non-hydrogen) atoms. The lowest BCUT2D eigenvalue weighted by Crippen LogP contribution is -2.48.